The molecule has 3 atom stereocenters. The average Bonchev–Trinajstić information content (AvgIpc) is 3.20. The summed E-state index contributed by atoms with van der Waals surface area (Å²) in [5.41, 5.74) is 0. The van der Waals surface area contributed by atoms with Crippen molar-refractivity contribution in [1.29, 1.82) is 0 Å². The van der Waals surface area contributed by atoms with E-state index in [0.29, 0.717) is 6.42 Å². The van der Waals surface area contributed by atoms with Crippen molar-refractivity contribution in [1.82, 2.24) is 9.80 Å². The molecular weight excluding hydrogens is 488 g/mol. The minimum Gasteiger partial charge on any atom is -0.462 e. The molecule has 1 aliphatic heterocycles. The van der Waals surface area contributed by atoms with Gasteiger partial charge in [0.15, 0.2) is 0 Å². The van der Waals surface area contributed by atoms with E-state index < -0.39 is 30.4 Å². The highest BCUT2D eigenvalue weighted by atomic mass is 16.7. The second-order valence-electron chi connectivity index (χ2n) is 11.0. The maximum Gasteiger partial charge on any atom is 0.322 e. The van der Waals surface area contributed by atoms with E-state index in [4.69, 9.17) is 18.9 Å². The van der Waals surface area contributed by atoms with Crippen molar-refractivity contribution in [3.8, 4) is 0 Å². The van der Waals surface area contributed by atoms with Gasteiger partial charge in [0.1, 0.15) is 18.8 Å². The van der Waals surface area contributed by atoms with E-state index >= 15 is 0 Å². The molecule has 0 aliphatic carbocycles. The fourth-order valence-electron chi connectivity index (χ4n) is 4.46. The lowest BCUT2D eigenvalue weighted by molar-refractivity contribution is -0.183. The van der Waals surface area contributed by atoms with Gasteiger partial charge in [-0.15, -0.1) is 0 Å². The third kappa shape index (κ3) is 17.7. The lowest BCUT2D eigenvalue weighted by atomic mass is 10.0. The number of carbonyl (C=O) groups is 3. The Labute approximate surface area is 230 Å². The van der Waals surface area contributed by atoms with Gasteiger partial charge in [-0.25, -0.2) is 0 Å². The van der Waals surface area contributed by atoms with Crippen LogP contribution in [0.3, 0.4) is 0 Å². The van der Waals surface area contributed by atoms with E-state index in [1.807, 2.05) is 0 Å². The molecule has 1 rings (SSSR count). The molecule has 0 saturated carbocycles. The molecule has 1 fully saturated rings. The molecule has 0 radical (unpaired) electrons. The standard InChI is InChI=1S/C29H54N2O7/c1-6-7-8-9-10-11-12-13-14-15-16-17-18-19-26(32)36-24-20-29(38-28(34)22-31(4)5)37-25(24)23-35-27(33)21-30(2)3/h24-25,29H,6-23H2,1-5H3. The minimum atomic E-state index is -0.839. The van der Waals surface area contributed by atoms with Crippen molar-refractivity contribution in [3.05, 3.63) is 0 Å². The van der Waals surface area contributed by atoms with Gasteiger partial charge in [-0.05, 0) is 34.6 Å². The first-order valence-electron chi connectivity index (χ1n) is 14.7. The predicted octanol–water partition coefficient (Wildman–Crippen LogP) is 4.70. The Morgan fingerprint density at radius 2 is 1.18 bits per heavy atom. The molecule has 38 heavy (non-hydrogen) atoms. The molecule has 0 N–H and O–H groups in total. The summed E-state index contributed by atoms with van der Waals surface area (Å²) < 4.78 is 22.1. The SMILES string of the molecule is CCCCCCCCCCCCCCCC(=O)OC1CC(OC(=O)CN(C)C)OC1COC(=O)CN(C)C. The lowest BCUT2D eigenvalue weighted by Crippen LogP contribution is -2.34. The molecule has 0 amide bonds. The molecule has 3 unspecified atom stereocenters. The fourth-order valence-corrected chi connectivity index (χ4v) is 4.46. The van der Waals surface area contributed by atoms with Crippen LogP contribution in [0.1, 0.15) is 103 Å². The van der Waals surface area contributed by atoms with Crippen molar-refractivity contribution in [2.45, 2.75) is 122 Å². The number of nitrogens with zero attached hydrogens (tertiary/aromatic N) is 2. The molecule has 1 aliphatic rings. The Morgan fingerprint density at radius 1 is 0.684 bits per heavy atom. The zero-order valence-corrected chi connectivity index (χ0v) is 24.7. The van der Waals surface area contributed by atoms with Gasteiger partial charge in [0.25, 0.3) is 0 Å². The van der Waals surface area contributed by atoms with E-state index in [9.17, 15) is 14.4 Å². The summed E-state index contributed by atoms with van der Waals surface area (Å²) in [6, 6.07) is 0. The number of hydrogen-bond donors (Lipinski definition) is 0. The summed E-state index contributed by atoms with van der Waals surface area (Å²) in [7, 11) is 7.08. The maximum atomic E-state index is 12.5. The maximum absolute atomic E-state index is 12.5. The van der Waals surface area contributed by atoms with Crippen molar-refractivity contribution in [2.75, 3.05) is 47.9 Å². The first kappa shape index (κ1) is 34.3. The lowest BCUT2D eigenvalue weighted by Gasteiger charge is -2.19. The second-order valence-corrected chi connectivity index (χ2v) is 11.0. The Balaban J connectivity index is 2.29. The molecular formula is C29H54N2O7. The predicted molar refractivity (Wildman–Crippen MR) is 148 cm³/mol. The fraction of sp³-hybridized carbons (Fsp3) is 0.897. The summed E-state index contributed by atoms with van der Waals surface area (Å²) in [6.45, 7) is 2.44. The minimum absolute atomic E-state index is 0.0644. The summed E-state index contributed by atoms with van der Waals surface area (Å²) in [5, 5.41) is 0. The van der Waals surface area contributed by atoms with Crippen molar-refractivity contribution < 1.29 is 33.3 Å². The van der Waals surface area contributed by atoms with Gasteiger partial charge in [0.2, 0.25) is 6.29 Å². The Bertz CT molecular complexity index is 657. The number of ether oxygens (including phenoxy) is 4. The van der Waals surface area contributed by atoms with E-state index in [2.05, 4.69) is 6.92 Å². The van der Waals surface area contributed by atoms with E-state index in [1.54, 1.807) is 38.0 Å². The Hall–Kier alpha value is -1.71. The van der Waals surface area contributed by atoms with Crippen LogP contribution in [0.5, 0.6) is 0 Å². The summed E-state index contributed by atoms with van der Waals surface area (Å²) in [4.78, 5) is 39.9. The molecule has 0 aromatic carbocycles. The number of unbranched alkanes of at least 4 members (excludes halogenated alkanes) is 12. The van der Waals surface area contributed by atoms with Crippen LogP contribution in [-0.4, -0.2) is 94.1 Å². The van der Waals surface area contributed by atoms with Crippen molar-refractivity contribution in [2.24, 2.45) is 0 Å². The molecule has 0 aromatic rings. The Morgan fingerprint density at radius 3 is 1.71 bits per heavy atom. The van der Waals surface area contributed by atoms with Gasteiger partial charge in [0.05, 0.1) is 19.5 Å². The highest BCUT2D eigenvalue weighted by Crippen LogP contribution is 2.26. The van der Waals surface area contributed by atoms with Crippen LogP contribution in [-0.2, 0) is 33.3 Å². The summed E-state index contributed by atoms with van der Waals surface area (Å²) in [5.74, 6) is -1.13. The molecule has 0 aromatic heterocycles. The zero-order valence-electron chi connectivity index (χ0n) is 24.7. The third-order valence-electron chi connectivity index (χ3n) is 6.50. The van der Waals surface area contributed by atoms with Gasteiger partial charge < -0.3 is 18.9 Å². The largest absolute Gasteiger partial charge is 0.462 e. The normalized spacial score (nSPS) is 19.2. The monoisotopic (exact) mass is 542 g/mol. The Kier molecular flexibility index (Phi) is 19.1. The van der Waals surface area contributed by atoms with Crippen LogP contribution >= 0.6 is 0 Å². The van der Waals surface area contributed by atoms with Crippen LogP contribution in [0.4, 0.5) is 0 Å². The van der Waals surface area contributed by atoms with Gasteiger partial charge >= 0.3 is 17.9 Å². The molecule has 0 spiro atoms. The first-order valence-corrected chi connectivity index (χ1v) is 14.7. The number of hydrogen-bond acceptors (Lipinski definition) is 9. The molecule has 1 saturated heterocycles. The van der Waals surface area contributed by atoms with Crippen LogP contribution in [0.2, 0.25) is 0 Å². The molecule has 9 heteroatoms. The second kappa shape index (κ2) is 21.2. The van der Waals surface area contributed by atoms with E-state index in [-0.39, 0.29) is 32.1 Å². The number of likely N-dealkylation sites (N-methyl/N-ethyl adjacent to an activating group) is 2. The quantitative estimate of drug-likeness (QED) is 0.110. The van der Waals surface area contributed by atoms with Crippen molar-refractivity contribution >= 4 is 17.9 Å². The number of carbonyl (C=O) groups excluding carboxylic acids is 3. The highest BCUT2D eigenvalue weighted by molar-refractivity contribution is 5.72. The number of esters is 3. The summed E-state index contributed by atoms with van der Waals surface area (Å²) >= 11 is 0. The van der Waals surface area contributed by atoms with E-state index in [0.717, 1.165) is 19.3 Å². The smallest absolute Gasteiger partial charge is 0.322 e. The average molecular weight is 543 g/mol. The topological polar surface area (TPSA) is 94.6 Å². The molecule has 1 heterocycles. The molecule has 9 nitrogen and oxygen atoms in total. The van der Waals surface area contributed by atoms with Crippen LogP contribution in [0, 0.1) is 0 Å². The van der Waals surface area contributed by atoms with Crippen LogP contribution in [0.15, 0.2) is 0 Å². The van der Waals surface area contributed by atoms with Gasteiger partial charge in [-0.3, -0.25) is 24.2 Å². The number of rotatable bonds is 22. The third-order valence-corrected chi connectivity index (χ3v) is 6.50. The van der Waals surface area contributed by atoms with Crippen molar-refractivity contribution in [3.63, 3.8) is 0 Å². The zero-order chi connectivity index (χ0) is 28.2. The van der Waals surface area contributed by atoms with Gasteiger partial charge in [-0.2, -0.15) is 0 Å². The highest BCUT2D eigenvalue weighted by Gasteiger charge is 2.40. The first-order chi connectivity index (χ1) is 18.2. The summed E-state index contributed by atoms with van der Waals surface area (Å²) in [6.07, 6.45) is 14.6. The van der Waals surface area contributed by atoms with Crippen LogP contribution in [0.25, 0.3) is 0 Å². The van der Waals surface area contributed by atoms with Gasteiger partial charge in [-0.1, -0.05) is 84.0 Å². The molecule has 222 valence electrons. The van der Waals surface area contributed by atoms with Crippen LogP contribution < -0.4 is 0 Å². The van der Waals surface area contributed by atoms with Gasteiger partial charge in [0, 0.05) is 6.42 Å². The van der Waals surface area contributed by atoms with E-state index in [1.165, 1.54) is 64.2 Å². The molecule has 0 bridgehead atoms.